The molecule has 0 unspecified atom stereocenters. The zero-order valence-corrected chi connectivity index (χ0v) is 17.4. The average molecular weight is 371 g/mol. The van der Waals surface area contributed by atoms with E-state index >= 15 is 0 Å². The van der Waals surface area contributed by atoms with Crippen molar-refractivity contribution in [2.24, 2.45) is 0 Å². The van der Waals surface area contributed by atoms with Gasteiger partial charge >= 0.3 is 5.97 Å². The third-order valence-corrected chi connectivity index (χ3v) is 5.31. The van der Waals surface area contributed by atoms with E-state index in [0.717, 1.165) is 5.56 Å². The zero-order valence-electron chi connectivity index (χ0n) is 13.5. The molecular weight excluding hydrogens is 355 g/mol. The first-order valence-corrected chi connectivity index (χ1v) is 8.25. The molecule has 1 aromatic rings. The van der Waals surface area contributed by atoms with E-state index in [1.165, 1.54) is 16.7 Å². The zero-order chi connectivity index (χ0) is 16.6. The first kappa shape index (κ1) is 19.7. The van der Waals surface area contributed by atoms with Gasteiger partial charge in [-0.3, -0.25) is 14.5 Å². The van der Waals surface area contributed by atoms with Gasteiger partial charge in [0, 0.05) is 57.1 Å². The predicted octanol–water partition coefficient (Wildman–Crippen LogP) is 0.607. The minimum atomic E-state index is -1.10. The van der Waals surface area contributed by atoms with E-state index in [9.17, 15) is 19.5 Å². The van der Waals surface area contributed by atoms with Gasteiger partial charge in [0.25, 0.3) is 5.91 Å². The number of hydrogen-bond donors (Lipinski definition) is 2. The Morgan fingerprint density at radius 1 is 1.33 bits per heavy atom. The largest absolute Gasteiger partial charge is 0.477 e. The molecule has 0 spiro atoms. The summed E-state index contributed by atoms with van der Waals surface area (Å²) >= 11 is 1.47. The van der Waals surface area contributed by atoms with Crippen LogP contribution in [0.5, 0.6) is 0 Å². The molecule has 2 aliphatic heterocycles. The summed E-state index contributed by atoms with van der Waals surface area (Å²) in [5.41, 5.74) is 1.58. The molecule has 8 heteroatoms. The Kier molecular flexibility index (Phi) is 6.69. The summed E-state index contributed by atoms with van der Waals surface area (Å²) in [7, 11) is 0. The van der Waals surface area contributed by atoms with E-state index < -0.39 is 12.0 Å². The quantitative estimate of drug-likeness (QED) is 0.598. The molecule has 2 aliphatic rings. The van der Waals surface area contributed by atoms with Crippen LogP contribution in [0.25, 0.3) is 0 Å². The summed E-state index contributed by atoms with van der Waals surface area (Å²) in [6.45, 7) is 1.71. The Morgan fingerprint density at radius 3 is 2.62 bits per heavy atom. The van der Waals surface area contributed by atoms with Crippen LogP contribution >= 0.6 is 11.8 Å². The van der Waals surface area contributed by atoms with Crippen LogP contribution in [0.1, 0.15) is 12.5 Å². The number of fused-ring (bicyclic) bond motifs is 1. The van der Waals surface area contributed by atoms with Gasteiger partial charge in [-0.15, -0.1) is 11.8 Å². The number of carbonyl (C=O) groups is 3. The maximum atomic E-state index is 12.2. The van der Waals surface area contributed by atoms with Gasteiger partial charge in [0.2, 0.25) is 5.91 Å². The van der Waals surface area contributed by atoms with Crippen LogP contribution < -0.4 is 5.32 Å². The van der Waals surface area contributed by atoms with E-state index in [4.69, 9.17) is 0 Å². The third-order valence-electron chi connectivity index (χ3n) is 3.89. The summed E-state index contributed by atoms with van der Waals surface area (Å²) in [4.78, 5) is 36.9. The smallest absolute Gasteiger partial charge is 0.352 e. The Labute approximate surface area is 186 Å². The van der Waals surface area contributed by atoms with Crippen LogP contribution in [-0.2, 0) is 20.8 Å². The fourth-order valence-electron chi connectivity index (χ4n) is 2.78. The topological polar surface area (TPSA) is 86.7 Å². The van der Waals surface area contributed by atoms with Crippen LogP contribution in [0.4, 0.5) is 0 Å². The second-order valence-electron chi connectivity index (χ2n) is 5.55. The number of β-lactam (4-membered cyclic amide) rings is 1. The van der Waals surface area contributed by atoms with Crippen molar-refractivity contribution in [3.63, 3.8) is 0 Å². The van der Waals surface area contributed by atoms with Crippen molar-refractivity contribution < 1.29 is 19.5 Å². The molecule has 2 atom stereocenters. The number of nitrogens with zero attached hydrogens (tertiary/aromatic N) is 1. The third kappa shape index (κ3) is 3.78. The van der Waals surface area contributed by atoms with E-state index in [-0.39, 0.29) is 80.7 Å². The molecule has 0 aromatic heterocycles. The van der Waals surface area contributed by atoms with Crippen molar-refractivity contribution in [2.75, 3.05) is 5.75 Å². The number of carbonyl (C=O) groups excluding carboxylic acids is 2. The average Bonchev–Trinajstić information content (AvgIpc) is 2.53. The predicted molar refractivity (Wildman–Crippen MR) is 91.3 cm³/mol. The van der Waals surface area contributed by atoms with Gasteiger partial charge < -0.3 is 10.4 Å². The van der Waals surface area contributed by atoms with E-state index in [1.54, 1.807) is 6.92 Å². The van der Waals surface area contributed by atoms with Gasteiger partial charge in [0.15, 0.2) is 0 Å². The van der Waals surface area contributed by atoms with Crippen molar-refractivity contribution in [2.45, 2.75) is 24.8 Å². The van der Waals surface area contributed by atoms with E-state index in [2.05, 4.69) is 5.32 Å². The number of hydrogen-bond acceptors (Lipinski definition) is 4. The fraction of sp³-hybridized carbons (Fsp3) is 0.312. The first-order chi connectivity index (χ1) is 11.0. The Morgan fingerprint density at radius 2 is 2.00 bits per heavy atom. The maximum absolute atomic E-state index is 12.2. The molecule has 1 saturated heterocycles. The maximum Gasteiger partial charge on any atom is 0.352 e. The van der Waals surface area contributed by atoms with Gasteiger partial charge in [-0.1, -0.05) is 30.3 Å². The molecule has 1 radical (unpaired) electrons. The summed E-state index contributed by atoms with van der Waals surface area (Å²) in [6, 6.07) is 8.61. The number of aliphatic carboxylic acids is 1. The fourth-order valence-corrected chi connectivity index (χ4v) is 4.07. The molecule has 0 bridgehead atoms. The van der Waals surface area contributed by atoms with Crippen LogP contribution in [0.3, 0.4) is 0 Å². The number of benzene rings is 1. The van der Waals surface area contributed by atoms with Crippen LogP contribution in [0.2, 0.25) is 0 Å². The van der Waals surface area contributed by atoms with Crippen LogP contribution in [0.15, 0.2) is 41.6 Å². The van der Waals surface area contributed by atoms with Gasteiger partial charge in [0.05, 0.1) is 6.42 Å². The van der Waals surface area contributed by atoms with Gasteiger partial charge in [0.1, 0.15) is 17.1 Å². The molecule has 24 heavy (non-hydrogen) atoms. The molecule has 1 fully saturated rings. The molecule has 121 valence electrons. The number of carboxylic acids is 1. The van der Waals surface area contributed by atoms with Crippen molar-refractivity contribution in [1.82, 2.24) is 10.2 Å². The minimum absolute atomic E-state index is 0. The molecule has 3 rings (SSSR count). The minimum Gasteiger partial charge on any atom is -0.477 e. The number of thioether (sulfide) groups is 1. The molecule has 2 amide bonds. The Bertz CT molecular complexity index is 707. The van der Waals surface area contributed by atoms with Gasteiger partial charge in [-0.05, 0) is 18.1 Å². The molecule has 0 saturated carbocycles. The van der Waals surface area contributed by atoms with Crippen LogP contribution in [0, 0.1) is 0 Å². The molecule has 6 nitrogen and oxygen atoms in total. The van der Waals surface area contributed by atoms with Crippen molar-refractivity contribution in [1.29, 1.82) is 0 Å². The number of carboxylic acid groups (broad SMARTS) is 1. The molecule has 2 N–H and O–H groups in total. The first-order valence-electron chi connectivity index (χ1n) is 7.20. The summed E-state index contributed by atoms with van der Waals surface area (Å²) in [5, 5.41) is 11.6. The summed E-state index contributed by atoms with van der Waals surface area (Å²) in [6.07, 6.45) is 0.197. The second kappa shape index (κ2) is 8.16. The monoisotopic (exact) mass is 371 g/mol. The van der Waals surface area contributed by atoms with E-state index in [1.807, 2.05) is 30.3 Å². The summed E-state index contributed by atoms with van der Waals surface area (Å²) in [5.74, 6) is -1.16. The Hall–Kier alpha value is -0.644. The number of rotatable bonds is 4. The normalized spacial score (nSPS) is 22.2. The van der Waals surface area contributed by atoms with Gasteiger partial charge in [-0.25, -0.2) is 4.79 Å². The standard InChI is InChI=1S/C16H16N2O4S.K/c1-9-8-23-15-12(14(20)18(15)13(9)16(21)22)17-11(19)7-10-5-3-2-4-6-10;/h2-6,12,15H,7-8H2,1H3,(H,17,19)(H,21,22);/t12-,15-;/m1./s1. The number of amides is 2. The second-order valence-corrected chi connectivity index (χ2v) is 6.66. The van der Waals surface area contributed by atoms with Gasteiger partial charge in [-0.2, -0.15) is 0 Å². The molecule has 0 aliphatic carbocycles. The summed E-state index contributed by atoms with van der Waals surface area (Å²) < 4.78 is 0. The van der Waals surface area contributed by atoms with Crippen molar-refractivity contribution in [3.8, 4) is 0 Å². The molecular formula is C16H16KN2O4S. The number of nitrogens with one attached hydrogen (secondary N) is 1. The Balaban J connectivity index is 0.00000208. The van der Waals surface area contributed by atoms with Crippen molar-refractivity contribution >= 4 is 80.9 Å². The molecule has 2 heterocycles. The SMILES string of the molecule is CC1=C(C(=O)O)N2C(=O)[C@@H](NC(=O)Cc3ccccc3)[C@H]2SC1.[K]. The van der Waals surface area contributed by atoms with Crippen LogP contribution in [-0.4, -0.2) is 96.3 Å². The molecule has 1 aromatic carbocycles. The van der Waals surface area contributed by atoms with E-state index in [0.29, 0.717) is 11.3 Å². The van der Waals surface area contributed by atoms with Crippen molar-refractivity contribution in [3.05, 3.63) is 47.2 Å².